The molecule has 1 aromatic heterocycles. The molecule has 1 fully saturated rings. The number of nitrogens with zero attached hydrogens (tertiary/aromatic N) is 2. The van der Waals surface area contributed by atoms with Crippen LogP contribution in [0.2, 0.25) is 0 Å². The molecule has 3 atom stereocenters. The summed E-state index contributed by atoms with van der Waals surface area (Å²) in [4.78, 5) is 0. The van der Waals surface area contributed by atoms with E-state index in [2.05, 4.69) is 12.0 Å². The summed E-state index contributed by atoms with van der Waals surface area (Å²) < 4.78 is 7.05. The zero-order chi connectivity index (χ0) is 10.3. The Labute approximate surface area is 84.0 Å². The SMILES string of the molecule is COc1cnn(C)c1C(N)C1CC1C. The summed E-state index contributed by atoms with van der Waals surface area (Å²) in [5.74, 6) is 2.14. The average molecular weight is 195 g/mol. The Morgan fingerprint density at radius 3 is 2.86 bits per heavy atom. The van der Waals surface area contributed by atoms with Crippen LogP contribution >= 0.6 is 0 Å². The molecule has 0 radical (unpaired) electrons. The lowest BCUT2D eigenvalue weighted by Crippen LogP contribution is -2.18. The van der Waals surface area contributed by atoms with Crippen molar-refractivity contribution in [3.05, 3.63) is 11.9 Å². The number of rotatable bonds is 3. The number of aryl methyl sites for hydroxylation is 1. The average Bonchev–Trinajstić information content (AvgIpc) is 2.76. The molecule has 1 saturated carbocycles. The van der Waals surface area contributed by atoms with E-state index in [4.69, 9.17) is 10.5 Å². The van der Waals surface area contributed by atoms with Gasteiger partial charge in [-0.1, -0.05) is 6.92 Å². The maximum Gasteiger partial charge on any atom is 0.161 e. The lowest BCUT2D eigenvalue weighted by atomic mass is 10.1. The molecule has 3 unspecified atom stereocenters. The standard InChI is InChI=1S/C10H17N3O/c1-6-4-7(6)9(11)10-8(14-3)5-12-13(10)2/h5-7,9H,4,11H2,1-3H3. The molecule has 0 saturated heterocycles. The van der Waals surface area contributed by atoms with Crippen LogP contribution in [0.4, 0.5) is 0 Å². The summed E-state index contributed by atoms with van der Waals surface area (Å²) in [5, 5.41) is 4.16. The molecule has 78 valence electrons. The minimum absolute atomic E-state index is 0.0625. The van der Waals surface area contributed by atoms with E-state index in [-0.39, 0.29) is 6.04 Å². The molecule has 0 spiro atoms. The Hall–Kier alpha value is -1.03. The van der Waals surface area contributed by atoms with Crippen molar-refractivity contribution in [2.24, 2.45) is 24.6 Å². The summed E-state index contributed by atoms with van der Waals surface area (Å²) in [6.45, 7) is 2.23. The molecule has 14 heavy (non-hydrogen) atoms. The zero-order valence-corrected chi connectivity index (χ0v) is 8.90. The van der Waals surface area contributed by atoms with Crippen LogP contribution in [0.1, 0.15) is 25.1 Å². The Bertz CT molecular complexity index is 334. The van der Waals surface area contributed by atoms with Gasteiger partial charge in [0.2, 0.25) is 0 Å². The predicted octanol–water partition coefficient (Wildman–Crippen LogP) is 1.08. The van der Waals surface area contributed by atoms with Crippen molar-refractivity contribution in [1.29, 1.82) is 0 Å². The Kier molecular flexibility index (Phi) is 2.23. The summed E-state index contributed by atoms with van der Waals surface area (Å²) in [5.41, 5.74) is 7.19. The fourth-order valence-electron chi connectivity index (χ4n) is 2.02. The molecule has 0 aliphatic heterocycles. The van der Waals surface area contributed by atoms with Gasteiger partial charge in [-0.15, -0.1) is 0 Å². The van der Waals surface area contributed by atoms with Crippen molar-refractivity contribution in [3.63, 3.8) is 0 Å². The second-order valence-electron chi connectivity index (χ2n) is 4.12. The molecular formula is C10H17N3O. The van der Waals surface area contributed by atoms with E-state index in [1.807, 2.05) is 11.7 Å². The molecule has 2 N–H and O–H groups in total. The van der Waals surface area contributed by atoms with Gasteiger partial charge in [-0.3, -0.25) is 4.68 Å². The minimum Gasteiger partial charge on any atom is -0.493 e. The molecule has 1 aromatic rings. The zero-order valence-electron chi connectivity index (χ0n) is 8.90. The lowest BCUT2D eigenvalue weighted by Gasteiger charge is -2.13. The van der Waals surface area contributed by atoms with E-state index in [0.29, 0.717) is 5.92 Å². The fourth-order valence-corrected chi connectivity index (χ4v) is 2.02. The van der Waals surface area contributed by atoms with Crippen LogP contribution < -0.4 is 10.5 Å². The summed E-state index contributed by atoms with van der Waals surface area (Å²) >= 11 is 0. The largest absolute Gasteiger partial charge is 0.493 e. The molecule has 1 aliphatic rings. The number of nitrogens with two attached hydrogens (primary N) is 1. The third-order valence-electron chi connectivity index (χ3n) is 3.12. The molecule has 0 aromatic carbocycles. The first-order chi connectivity index (χ1) is 6.65. The van der Waals surface area contributed by atoms with Crippen LogP contribution in [0, 0.1) is 11.8 Å². The van der Waals surface area contributed by atoms with E-state index >= 15 is 0 Å². The second kappa shape index (κ2) is 3.28. The molecular weight excluding hydrogens is 178 g/mol. The quantitative estimate of drug-likeness (QED) is 0.785. The van der Waals surface area contributed by atoms with E-state index in [1.54, 1.807) is 13.3 Å². The van der Waals surface area contributed by atoms with Crippen LogP contribution in [-0.2, 0) is 7.05 Å². The summed E-state index contributed by atoms with van der Waals surface area (Å²) in [6, 6.07) is 0.0625. The van der Waals surface area contributed by atoms with Crippen molar-refractivity contribution in [2.75, 3.05) is 7.11 Å². The van der Waals surface area contributed by atoms with Gasteiger partial charge >= 0.3 is 0 Å². The molecule has 1 aliphatic carbocycles. The Morgan fingerprint density at radius 1 is 1.71 bits per heavy atom. The van der Waals surface area contributed by atoms with Gasteiger partial charge in [0.05, 0.1) is 25.0 Å². The van der Waals surface area contributed by atoms with E-state index < -0.39 is 0 Å². The van der Waals surface area contributed by atoms with E-state index in [9.17, 15) is 0 Å². The fraction of sp³-hybridized carbons (Fsp3) is 0.700. The monoisotopic (exact) mass is 195 g/mol. The first-order valence-corrected chi connectivity index (χ1v) is 4.96. The normalized spacial score (nSPS) is 27.4. The van der Waals surface area contributed by atoms with Gasteiger partial charge in [0.15, 0.2) is 5.75 Å². The minimum atomic E-state index is 0.0625. The number of hydrogen-bond donors (Lipinski definition) is 1. The molecule has 2 rings (SSSR count). The van der Waals surface area contributed by atoms with Gasteiger partial charge in [0.25, 0.3) is 0 Å². The first kappa shape index (κ1) is 9.52. The van der Waals surface area contributed by atoms with Crippen molar-refractivity contribution >= 4 is 0 Å². The van der Waals surface area contributed by atoms with Crippen LogP contribution in [0.15, 0.2) is 6.20 Å². The van der Waals surface area contributed by atoms with Gasteiger partial charge in [-0.05, 0) is 18.3 Å². The van der Waals surface area contributed by atoms with Gasteiger partial charge in [0.1, 0.15) is 0 Å². The smallest absolute Gasteiger partial charge is 0.161 e. The van der Waals surface area contributed by atoms with Crippen LogP contribution in [0.25, 0.3) is 0 Å². The topological polar surface area (TPSA) is 53.1 Å². The Morgan fingerprint density at radius 2 is 2.36 bits per heavy atom. The summed E-state index contributed by atoms with van der Waals surface area (Å²) in [7, 11) is 3.56. The van der Waals surface area contributed by atoms with Crippen molar-refractivity contribution in [1.82, 2.24) is 9.78 Å². The third-order valence-corrected chi connectivity index (χ3v) is 3.12. The maximum atomic E-state index is 6.17. The first-order valence-electron chi connectivity index (χ1n) is 4.96. The van der Waals surface area contributed by atoms with Crippen molar-refractivity contribution in [2.45, 2.75) is 19.4 Å². The molecule has 0 bridgehead atoms. The molecule has 1 heterocycles. The number of aromatic nitrogens is 2. The third kappa shape index (κ3) is 1.39. The molecule has 4 heteroatoms. The highest BCUT2D eigenvalue weighted by molar-refractivity contribution is 5.29. The van der Waals surface area contributed by atoms with Crippen molar-refractivity contribution in [3.8, 4) is 5.75 Å². The molecule has 0 amide bonds. The highest BCUT2D eigenvalue weighted by atomic mass is 16.5. The Balaban J connectivity index is 2.25. The second-order valence-corrected chi connectivity index (χ2v) is 4.12. The van der Waals surface area contributed by atoms with E-state index in [0.717, 1.165) is 17.4 Å². The maximum absolute atomic E-state index is 6.17. The number of methoxy groups -OCH3 is 1. The van der Waals surface area contributed by atoms with Gasteiger partial charge in [-0.25, -0.2) is 0 Å². The van der Waals surface area contributed by atoms with Gasteiger partial charge < -0.3 is 10.5 Å². The van der Waals surface area contributed by atoms with Crippen LogP contribution in [0.3, 0.4) is 0 Å². The van der Waals surface area contributed by atoms with Crippen LogP contribution in [-0.4, -0.2) is 16.9 Å². The highest BCUT2D eigenvalue weighted by Gasteiger charge is 2.40. The van der Waals surface area contributed by atoms with Crippen molar-refractivity contribution < 1.29 is 4.74 Å². The predicted molar refractivity (Wildman–Crippen MR) is 54.0 cm³/mol. The molecule has 4 nitrogen and oxygen atoms in total. The number of ether oxygens (including phenoxy) is 1. The van der Waals surface area contributed by atoms with Gasteiger partial charge in [-0.2, -0.15) is 5.10 Å². The number of hydrogen-bond acceptors (Lipinski definition) is 3. The van der Waals surface area contributed by atoms with Crippen LogP contribution in [0.5, 0.6) is 5.75 Å². The van der Waals surface area contributed by atoms with E-state index in [1.165, 1.54) is 6.42 Å². The lowest BCUT2D eigenvalue weighted by molar-refractivity contribution is 0.398. The summed E-state index contributed by atoms with van der Waals surface area (Å²) in [6.07, 6.45) is 2.94. The highest BCUT2D eigenvalue weighted by Crippen LogP contribution is 2.47. The van der Waals surface area contributed by atoms with Gasteiger partial charge in [0, 0.05) is 7.05 Å².